The van der Waals surface area contributed by atoms with Gasteiger partial charge >= 0.3 is 0 Å². The third-order valence-corrected chi connectivity index (χ3v) is 4.57. The standard InChI is InChI=1S/C15H24N2O3/c16-14(19)13(11-7-4-8-12(18)9-11)17-15(20)10-5-2-1-3-6-10/h10-11,13H,1-9H2,(H2,16,19)(H,17,20)/t11-,13-/m1/s1. The summed E-state index contributed by atoms with van der Waals surface area (Å²) in [5.41, 5.74) is 5.43. The van der Waals surface area contributed by atoms with Crippen LogP contribution in [0.15, 0.2) is 0 Å². The van der Waals surface area contributed by atoms with Crippen LogP contribution in [0.1, 0.15) is 57.8 Å². The van der Waals surface area contributed by atoms with Crippen molar-refractivity contribution in [2.75, 3.05) is 0 Å². The van der Waals surface area contributed by atoms with Crippen molar-refractivity contribution in [1.82, 2.24) is 5.32 Å². The molecule has 2 saturated carbocycles. The first-order valence-electron chi connectivity index (χ1n) is 7.69. The highest BCUT2D eigenvalue weighted by molar-refractivity contribution is 5.89. The minimum absolute atomic E-state index is 0.00453. The molecule has 0 radical (unpaired) electrons. The monoisotopic (exact) mass is 280 g/mol. The van der Waals surface area contributed by atoms with Crippen molar-refractivity contribution in [3.8, 4) is 0 Å². The fourth-order valence-electron chi connectivity index (χ4n) is 3.40. The fraction of sp³-hybridized carbons (Fsp3) is 0.800. The molecule has 2 aliphatic carbocycles. The van der Waals surface area contributed by atoms with Crippen LogP contribution in [0.4, 0.5) is 0 Å². The van der Waals surface area contributed by atoms with Crippen molar-refractivity contribution >= 4 is 17.6 Å². The lowest BCUT2D eigenvalue weighted by Gasteiger charge is -2.30. The highest BCUT2D eigenvalue weighted by Crippen LogP contribution is 2.27. The van der Waals surface area contributed by atoms with E-state index in [1.807, 2.05) is 0 Å². The number of carbonyl (C=O) groups excluding carboxylic acids is 3. The van der Waals surface area contributed by atoms with E-state index in [4.69, 9.17) is 5.73 Å². The Labute approximate surface area is 119 Å². The van der Waals surface area contributed by atoms with Crippen molar-refractivity contribution in [3.05, 3.63) is 0 Å². The molecule has 3 N–H and O–H groups in total. The number of rotatable bonds is 4. The molecule has 112 valence electrons. The van der Waals surface area contributed by atoms with Gasteiger partial charge in [0.2, 0.25) is 11.8 Å². The van der Waals surface area contributed by atoms with Gasteiger partial charge in [0.1, 0.15) is 11.8 Å². The maximum absolute atomic E-state index is 12.2. The lowest BCUT2D eigenvalue weighted by Crippen LogP contribution is -2.52. The molecule has 2 fully saturated rings. The first-order chi connectivity index (χ1) is 9.58. The van der Waals surface area contributed by atoms with Gasteiger partial charge < -0.3 is 11.1 Å². The zero-order chi connectivity index (χ0) is 14.5. The van der Waals surface area contributed by atoms with E-state index in [1.54, 1.807) is 0 Å². The van der Waals surface area contributed by atoms with Gasteiger partial charge in [-0.1, -0.05) is 19.3 Å². The predicted molar refractivity (Wildman–Crippen MR) is 74.7 cm³/mol. The topological polar surface area (TPSA) is 89.3 Å². The molecule has 0 aliphatic heterocycles. The van der Waals surface area contributed by atoms with Crippen LogP contribution < -0.4 is 11.1 Å². The average Bonchev–Trinajstić information content (AvgIpc) is 2.45. The number of ketones is 1. The molecule has 0 aromatic heterocycles. The highest BCUT2D eigenvalue weighted by Gasteiger charge is 2.33. The van der Waals surface area contributed by atoms with E-state index in [9.17, 15) is 14.4 Å². The first kappa shape index (κ1) is 15.0. The Morgan fingerprint density at radius 3 is 2.40 bits per heavy atom. The summed E-state index contributed by atoms with van der Waals surface area (Å²) < 4.78 is 0. The number of hydrogen-bond donors (Lipinski definition) is 2. The molecule has 2 amide bonds. The zero-order valence-corrected chi connectivity index (χ0v) is 11.9. The Hall–Kier alpha value is -1.39. The quantitative estimate of drug-likeness (QED) is 0.813. The number of nitrogens with one attached hydrogen (secondary N) is 1. The summed E-state index contributed by atoms with van der Waals surface area (Å²) in [4.78, 5) is 35.4. The van der Waals surface area contributed by atoms with E-state index < -0.39 is 11.9 Å². The minimum Gasteiger partial charge on any atom is -0.368 e. The molecule has 0 bridgehead atoms. The van der Waals surface area contributed by atoms with Crippen LogP contribution in [-0.2, 0) is 14.4 Å². The van der Waals surface area contributed by atoms with Crippen LogP contribution >= 0.6 is 0 Å². The smallest absolute Gasteiger partial charge is 0.240 e. The summed E-state index contributed by atoms with van der Waals surface area (Å²) in [5, 5.41) is 2.81. The Morgan fingerprint density at radius 1 is 1.10 bits per heavy atom. The zero-order valence-electron chi connectivity index (χ0n) is 11.9. The van der Waals surface area contributed by atoms with Crippen LogP contribution in [0.25, 0.3) is 0 Å². The molecule has 0 unspecified atom stereocenters. The van der Waals surface area contributed by atoms with Gasteiger partial charge in [-0.3, -0.25) is 14.4 Å². The summed E-state index contributed by atoms with van der Waals surface area (Å²) in [6.07, 6.45) is 7.61. The van der Waals surface area contributed by atoms with Gasteiger partial charge in [-0.05, 0) is 31.6 Å². The van der Waals surface area contributed by atoms with Crippen LogP contribution in [0.5, 0.6) is 0 Å². The molecular weight excluding hydrogens is 256 g/mol. The summed E-state index contributed by atoms with van der Waals surface area (Å²) >= 11 is 0. The van der Waals surface area contributed by atoms with Crippen molar-refractivity contribution in [2.45, 2.75) is 63.8 Å². The SMILES string of the molecule is NC(=O)[C@H](NC(=O)C1CCCCC1)[C@@H]1CCCC(=O)C1. The minimum atomic E-state index is -0.686. The third kappa shape index (κ3) is 3.81. The van der Waals surface area contributed by atoms with E-state index in [1.165, 1.54) is 6.42 Å². The number of primary amides is 1. The van der Waals surface area contributed by atoms with Gasteiger partial charge in [-0.2, -0.15) is 0 Å². The van der Waals surface area contributed by atoms with E-state index in [0.29, 0.717) is 12.8 Å². The summed E-state index contributed by atoms with van der Waals surface area (Å²) in [6, 6.07) is -0.686. The summed E-state index contributed by atoms with van der Waals surface area (Å²) in [6.45, 7) is 0. The Balaban J connectivity index is 1.96. The van der Waals surface area contributed by atoms with E-state index >= 15 is 0 Å². The molecule has 2 rings (SSSR count). The number of hydrogen-bond acceptors (Lipinski definition) is 3. The van der Waals surface area contributed by atoms with Crippen LogP contribution in [0.2, 0.25) is 0 Å². The Bertz CT molecular complexity index is 389. The van der Waals surface area contributed by atoms with Gasteiger partial charge in [-0.15, -0.1) is 0 Å². The van der Waals surface area contributed by atoms with Crippen LogP contribution in [0, 0.1) is 11.8 Å². The lowest BCUT2D eigenvalue weighted by molar-refractivity contribution is -0.133. The van der Waals surface area contributed by atoms with Crippen LogP contribution in [-0.4, -0.2) is 23.6 Å². The second-order valence-electron chi connectivity index (χ2n) is 6.12. The first-order valence-corrected chi connectivity index (χ1v) is 7.69. The average molecular weight is 280 g/mol. The second kappa shape index (κ2) is 6.86. The van der Waals surface area contributed by atoms with Gasteiger partial charge in [0.15, 0.2) is 0 Å². The molecule has 0 aromatic rings. The van der Waals surface area contributed by atoms with Crippen molar-refractivity contribution < 1.29 is 14.4 Å². The van der Waals surface area contributed by atoms with Gasteiger partial charge in [0.25, 0.3) is 0 Å². The Kier molecular flexibility index (Phi) is 5.15. The molecule has 20 heavy (non-hydrogen) atoms. The number of amides is 2. The van der Waals surface area contributed by atoms with E-state index in [2.05, 4.69) is 5.32 Å². The van der Waals surface area contributed by atoms with Gasteiger partial charge in [0, 0.05) is 18.8 Å². The second-order valence-corrected chi connectivity index (χ2v) is 6.12. The largest absolute Gasteiger partial charge is 0.368 e. The molecule has 0 spiro atoms. The molecule has 2 aliphatic rings. The molecular formula is C15H24N2O3. The number of carbonyl (C=O) groups is 3. The molecule has 5 heteroatoms. The molecule has 0 heterocycles. The molecule has 5 nitrogen and oxygen atoms in total. The normalized spacial score (nSPS) is 26.0. The Morgan fingerprint density at radius 2 is 1.80 bits per heavy atom. The van der Waals surface area contributed by atoms with Gasteiger partial charge in [-0.25, -0.2) is 0 Å². The van der Waals surface area contributed by atoms with E-state index in [-0.39, 0.29) is 23.5 Å². The number of nitrogens with two attached hydrogens (primary N) is 1. The number of Topliss-reactive ketones (excluding diaryl/α,β-unsaturated/α-hetero) is 1. The summed E-state index contributed by atoms with van der Waals surface area (Å²) in [5.74, 6) is -0.536. The van der Waals surface area contributed by atoms with Crippen LogP contribution in [0.3, 0.4) is 0 Å². The lowest BCUT2D eigenvalue weighted by atomic mass is 9.82. The van der Waals surface area contributed by atoms with Crippen molar-refractivity contribution in [1.29, 1.82) is 0 Å². The highest BCUT2D eigenvalue weighted by atomic mass is 16.2. The third-order valence-electron chi connectivity index (χ3n) is 4.57. The maximum atomic E-state index is 12.2. The summed E-state index contributed by atoms with van der Waals surface area (Å²) in [7, 11) is 0. The maximum Gasteiger partial charge on any atom is 0.240 e. The molecule has 0 aromatic carbocycles. The fourth-order valence-corrected chi connectivity index (χ4v) is 3.40. The molecule has 2 atom stereocenters. The van der Waals surface area contributed by atoms with Crippen molar-refractivity contribution in [3.63, 3.8) is 0 Å². The molecule has 0 saturated heterocycles. The predicted octanol–water partition coefficient (Wildman–Crippen LogP) is 1.30. The van der Waals surface area contributed by atoms with Crippen molar-refractivity contribution in [2.24, 2.45) is 17.6 Å². The van der Waals surface area contributed by atoms with E-state index in [0.717, 1.165) is 38.5 Å². The van der Waals surface area contributed by atoms with Gasteiger partial charge in [0.05, 0.1) is 0 Å².